The van der Waals surface area contributed by atoms with Crippen LogP contribution >= 0.6 is 0 Å². The van der Waals surface area contributed by atoms with Crippen molar-refractivity contribution in [3.8, 4) is 17.4 Å². The van der Waals surface area contributed by atoms with Crippen LogP contribution in [0, 0.1) is 0 Å². The predicted molar refractivity (Wildman–Crippen MR) is 37.7 cm³/mol. The molecule has 5 N–H and O–H groups in total. The van der Waals surface area contributed by atoms with Crippen molar-refractivity contribution in [1.82, 2.24) is 4.98 Å². The van der Waals surface area contributed by atoms with Crippen molar-refractivity contribution in [1.29, 1.82) is 0 Å². The fraction of sp³-hybridized carbons (Fsp3) is 0. The van der Waals surface area contributed by atoms with Gasteiger partial charge in [0.1, 0.15) is 5.56 Å². The molecule has 0 spiro atoms. The van der Waals surface area contributed by atoms with Crippen molar-refractivity contribution in [3.63, 3.8) is 0 Å². The number of carbonyl (C=O) groups is 1. The summed E-state index contributed by atoms with van der Waals surface area (Å²) in [5, 5.41) is 26.7. The Labute approximate surface area is 66.9 Å². The zero-order valence-electron chi connectivity index (χ0n) is 5.85. The van der Waals surface area contributed by atoms with Crippen molar-refractivity contribution in [2.24, 2.45) is 5.73 Å². The molecule has 1 heterocycles. The Balaban J connectivity index is 3.43. The van der Waals surface area contributed by atoms with Crippen molar-refractivity contribution in [2.45, 2.75) is 0 Å². The third-order valence-electron chi connectivity index (χ3n) is 1.26. The quantitative estimate of drug-likeness (QED) is 0.444. The largest absolute Gasteiger partial charge is 0.504 e. The van der Waals surface area contributed by atoms with Crippen LogP contribution in [0.15, 0.2) is 6.20 Å². The number of rotatable bonds is 1. The van der Waals surface area contributed by atoms with Gasteiger partial charge in [-0.1, -0.05) is 0 Å². The molecule has 0 aromatic carbocycles. The van der Waals surface area contributed by atoms with Gasteiger partial charge in [0, 0.05) is 0 Å². The molecule has 0 aliphatic carbocycles. The molecule has 0 bridgehead atoms. The van der Waals surface area contributed by atoms with E-state index in [9.17, 15) is 4.79 Å². The van der Waals surface area contributed by atoms with Crippen LogP contribution in [0.5, 0.6) is 17.4 Å². The van der Waals surface area contributed by atoms with Crippen LogP contribution in [-0.2, 0) is 0 Å². The molecule has 1 aromatic rings. The highest BCUT2D eigenvalue weighted by Crippen LogP contribution is 2.31. The Morgan fingerprint density at radius 3 is 2.42 bits per heavy atom. The van der Waals surface area contributed by atoms with Gasteiger partial charge in [-0.15, -0.1) is 0 Å². The smallest absolute Gasteiger partial charge is 0.258 e. The van der Waals surface area contributed by atoms with Gasteiger partial charge in [0.25, 0.3) is 5.91 Å². The summed E-state index contributed by atoms with van der Waals surface area (Å²) in [6, 6.07) is 0. The van der Waals surface area contributed by atoms with Crippen LogP contribution in [0.25, 0.3) is 0 Å². The first kappa shape index (κ1) is 8.12. The monoisotopic (exact) mass is 170 g/mol. The second kappa shape index (κ2) is 2.57. The summed E-state index contributed by atoms with van der Waals surface area (Å²) < 4.78 is 0. The first-order chi connectivity index (χ1) is 5.54. The third-order valence-corrected chi connectivity index (χ3v) is 1.26. The molecule has 0 saturated heterocycles. The highest BCUT2D eigenvalue weighted by atomic mass is 16.3. The molecule has 6 heteroatoms. The van der Waals surface area contributed by atoms with E-state index in [0.29, 0.717) is 0 Å². The zero-order chi connectivity index (χ0) is 9.30. The second-order valence-corrected chi connectivity index (χ2v) is 2.05. The Bertz CT molecular complexity index is 337. The summed E-state index contributed by atoms with van der Waals surface area (Å²) in [6.45, 7) is 0. The lowest BCUT2D eigenvalue weighted by molar-refractivity contribution is 0.0993. The molecule has 6 nitrogen and oxygen atoms in total. The van der Waals surface area contributed by atoms with E-state index in [4.69, 9.17) is 21.1 Å². The maximum Gasteiger partial charge on any atom is 0.258 e. The normalized spacial score (nSPS) is 9.67. The predicted octanol–water partition coefficient (Wildman–Crippen LogP) is -0.703. The minimum absolute atomic E-state index is 0.588. The summed E-state index contributed by atoms with van der Waals surface area (Å²) in [5.41, 5.74) is 4.19. The van der Waals surface area contributed by atoms with Gasteiger partial charge in [0.05, 0.1) is 6.20 Å². The number of carbonyl (C=O) groups excluding carboxylic acids is 1. The molecule has 64 valence electrons. The van der Waals surface area contributed by atoms with E-state index in [1.807, 2.05) is 0 Å². The van der Waals surface area contributed by atoms with Gasteiger partial charge in [-0.2, -0.15) is 0 Å². The summed E-state index contributed by atoms with van der Waals surface area (Å²) in [7, 11) is 0. The van der Waals surface area contributed by atoms with Crippen LogP contribution < -0.4 is 5.73 Å². The van der Waals surface area contributed by atoms with Crippen molar-refractivity contribution in [2.75, 3.05) is 0 Å². The van der Waals surface area contributed by atoms with E-state index in [0.717, 1.165) is 6.20 Å². The van der Waals surface area contributed by atoms with Gasteiger partial charge < -0.3 is 21.1 Å². The van der Waals surface area contributed by atoms with Crippen LogP contribution in [0.4, 0.5) is 0 Å². The number of pyridine rings is 1. The molecule has 0 fully saturated rings. The van der Waals surface area contributed by atoms with Crippen molar-refractivity contribution >= 4 is 5.91 Å². The molecular weight excluding hydrogens is 164 g/mol. The summed E-state index contributed by atoms with van der Waals surface area (Å²) in [5.74, 6) is -3.15. The minimum atomic E-state index is -1.06. The fourth-order valence-corrected chi connectivity index (χ4v) is 0.709. The van der Waals surface area contributed by atoms with Gasteiger partial charge in [0.2, 0.25) is 5.88 Å². The van der Waals surface area contributed by atoms with Crippen LogP contribution in [0.3, 0.4) is 0 Å². The van der Waals surface area contributed by atoms with E-state index in [2.05, 4.69) is 4.98 Å². The Hall–Kier alpha value is -1.98. The molecule has 12 heavy (non-hydrogen) atoms. The Kier molecular flexibility index (Phi) is 1.74. The van der Waals surface area contributed by atoms with Crippen molar-refractivity contribution in [3.05, 3.63) is 11.8 Å². The first-order valence-corrected chi connectivity index (χ1v) is 2.93. The standard InChI is InChI=1S/C6H6N2O4/c7-5(11)3-4(10)2(9)1-8-6(3)12/h1,9H,(H2,7,11)(H2,8,10,12). The molecule has 0 aliphatic heterocycles. The maximum absolute atomic E-state index is 10.5. The summed E-state index contributed by atoms with van der Waals surface area (Å²) >= 11 is 0. The topological polar surface area (TPSA) is 117 Å². The highest BCUT2D eigenvalue weighted by molar-refractivity contribution is 5.98. The number of hydrogen-bond donors (Lipinski definition) is 4. The first-order valence-electron chi connectivity index (χ1n) is 2.93. The summed E-state index contributed by atoms with van der Waals surface area (Å²) in [6.07, 6.45) is 0.803. The molecule has 0 atom stereocenters. The van der Waals surface area contributed by atoms with Crippen LogP contribution in [0.2, 0.25) is 0 Å². The van der Waals surface area contributed by atoms with Gasteiger partial charge in [-0.3, -0.25) is 4.79 Å². The van der Waals surface area contributed by atoms with Gasteiger partial charge in [-0.25, -0.2) is 4.98 Å². The van der Waals surface area contributed by atoms with Gasteiger partial charge in [0.15, 0.2) is 11.5 Å². The molecule has 1 aromatic heterocycles. The van der Waals surface area contributed by atoms with E-state index in [-0.39, 0.29) is 0 Å². The number of primary amides is 1. The van der Waals surface area contributed by atoms with Crippen LogP contribution in [0.1, 0.15) is 10.4 Å². The highest BCUT2D eigenvalue weighted by Gasteiger charge is 2.17. The molecule has 0 saturated carbocycles. The minimum Gasteiger partial charge on any atom is -0.504 e. The summed E-state index contributed by atoms with van der Waals surface area (Å²) in [4.78, 5) is 13.8. The van der Waals surface area contributed by atoms with E-state index in [1.54, 1.807) is 0 Å². The Morgan fingerprint density at radius 2 is 2.00 bits per heavy atom. The number of hydrogen-bond acceptors (Lipinski definition) is 5. The van der Waals surface area contributed by atoms with E-state index in [1.165, 1.54) is 0 Å². The molecule has 0 aliphatic rings. The molecule has 1 amide bonds. The number of amides is 1. The maximum atomic E-state index is 10.5. The SMILES string of the molecule is NC(=O)c1c(O)ncc(O)c1O. The lowest BCUT2D eigenvalue weighted by Gasteiger charge is -2.02. The number of aromatic nitrogens is 1. The molecule has 0 unspecified atom stereocenters. The average Bonchev–Trinajstić information content (AvgIpc) is 1.97. The molecular formula is C6H6N2O4. The Morgan fingerprint density at radius 1 is 1.42 bits per heavy atom. The number of nitrogens with zero attached hydrogens (tertiary/aromatic N) is 1. The van der Waals surface area contributed by atoms with E-state index < -0.39 is 28.8 Å². The third kappa shape index (κ3) is 1.09. The second-order valence-electron chi connectivity index (χ2n) is 2.05. The van der Waals surface area contributed by atoms with Gasteiger partial charge >= 0.3 is 0 Å². The lowest BCUT2D eigenvalue weighted by atomic mass is 10.2. The average molecular weight is 170 g/mol. The van der Waals surface area contributed by atoms with E-state index >= 15 is 0 Å². The van der Waals surface area contributed by atoms with Crippen molar-refractivity contribution < 1.29 is 20.1 Å². The van der Waals surface area contributed by atoms with Gasteiger partial charge in [-0.05, 0) is 0 Å². The number of nitrogens with two attached hydrogens (primary N) is 1. The fourth-order valence-electron chi connectivity index (χ4n) is 0.709. The molecule has 1 rings (SSSR count). The zero-order valence-corrected chi connectivity index (χ0v) is 5.85. The number of aromatic hydroxyl groups is 3. The molecule has 0 radical (unpaired) electrons. The van der Waals surface area contributed by atoms with Crippen LogP contribution in [-0.4, -0.2) is 26.2 Å². The lowest BCUT2D eigenvalue weighted by Crippen LogP contribution is -2.11.